The molecule has 1 aromatic carbocycles. The van der Waals surface area contributed by atoms with E-state index in [0.29, 0.717) is 17.9 Å². The third-order valence-corrected chi connectivity index (χ3v) is 5.70. The van der Waals surface area contributed by atoms with E-state index < -0.39 is 0 Å². The normalized spacial score (nSPS) is 38.1. The lowest BCUT2D eigenvalue weighted by molar-refractivity contribution is 0.00114. The Morgan fingerprint density at radius 1 is 1.33 bits per heavy atom. The van der Waals surface area contributed by atoms with Gasteiger partial charge < -0.3 is 9.84 Å². The van der Waals surface area contributed by atoms with Crippen molar-refractivity contribution < 1.29 is 14.2 Å². The zero-order valence-electron chi connectivity index (χ0n) is 12.2. The van der Waals surface area contributed by atoms with Crippen LogP contribution in [0, 0.1) is 17.7 Å². The fraction of sp³-hybridized carbons (Fsp3) is 0.647. The number of halogens is 1. The lowest BCUT2D eigenvalue weighted by Crippen LogP contribution is -2.37. The minimum atomic E-state index is -0.176. The van der Waals surface area contributed by atoms with Crippen molar-refractivity contribution in [3.05, 3.63) is 35.6 Å². The smallest absolute Gasteiger partial charge is 0.123 e. The SMILES string of the molecule is OCC1C2CCC3(CN(CCc4ccc(F)cc4)CC13)O2. The van der Waals surface area contributed by atoms with Crippen molar-refractivity contribution in [2.45, 2.75) is 31.0 Å². The van der Waals surface area contributed by atoms with Crippen LogP contribution in [0.3, 0.4) is 0 Å². The fourth-order valence-corrected chi connectivity index (χ4v) is 4.64. The van der Waals surface area contributed by atoms with Crippen LogP contribution in [-0.4, -0.2) is 48.0 Å². The number of likely N-dealkylation sites (tertiary alicyclic amines) is 1. The van der Waals surface area contributed by atoms with Gasteiger partial charge >= 0.3 is 0 Å². The molecule has 3 fully saturated rings. The first-order valence-electron chi connectivity index (χ1n) is 7.96. The molecule has 0 amide bonds. The van der Waals surface area contributed by atoms with Gasteiger partial charge in [-0.3, -0.25) is 4.90 Å². The summed E-state index contributed by atoms with van der Waals surface area (Å²) >= 11 is 0. The van der Waals surface area contributed by atoms with Crippen LogP contribution in [0.4, 0.5) is 4.39 Å². The second-order valence-corrected chi connectivity index (χ2v) is 6.82. The maximum absolute atomic E-state index is 12.9. The molecular formula is C17H22FNO2. The summed E-state index contributed by atoms with van der Waals surface area (Å²) in [5.74, 6) is 0.647. The Hall–Kier alpha value is -0.970. The van der Waals surface area contributed by atoms with Gasteiger partial charge in [-0.25, -0.2) is 4.39 Å². The molecule has 4 rings (SSSR count). The third kappa shape index (κ3) is 2.20. The van der Waals surface area contributed by atoms with Gasteiger partial charge in [0.05, 0.1) is 11.7 Å². The van der Waals surface area contributed by atoms with Gasteiger partial charge in [0.1, 0.15) is 5.82 Å². The highest BCUT2D eigenvalue weighted by Crippen LogP contribution is 2.54. The number of nitrogens with zero attached hydrogens (tertiary/aromatic N) is 1. The molecule has 4 atom stereocenters. The lowest BCUT2D eigenvalue weighted by atomic mass is 9.74. The Balaban J connectivity index is 1.39. The maximum Gasteiger partial charge on any atom is 0.123 e. The van der Waals surface area contributed by atoms with Crippen molar-refractivity contribution in [3.63, 3.8) is 0 Å². The molecule has 1 aromatic rings. The number of aliphatic hydroxyl groups excluding tert-OH is 1. The first-order valence-corrected chi connectivity index (χ1v) is 7.96. The summed E-state index contributed by atoms with van der Waals surface area (Å²) in [4.78, 5) is 2.46. The number of benzene rings is 1. The van der Waals surface area contributed by atoms with Crippen LogP contribution in [0.2, 0.25) is 0 Å². The number of ether oxygens (including phenoxy) is 1. The summed E-state index contributed by atoms with van der Waals surface area (Å²) in [6.07, 6.45) is 3.48. The van der Waals surface area contributed by atoms with Crippen LogP contribution in [0.1, 0.15) is 18.4 Å². The molecule has 3 aliphatic rings. The average Bonchev–Trinajstić information content (AvgIpc) is 3.13. The quantitative estimate of drug-likeness (QED) is 0.919. The molecule has 0 aromatic heterocycles. The zero-order chi connectivity index (χ0) is 14.4. The first-order chi connectivity index (χ1) is 10.2. The van der Waals surface area contributed by atoms with E-state index in [2.05, 4.69) is 4.90 Å². The molecule has 4 unspecified atom stereocenters. The minimum absolute atomic E-state index is 0.0147. The average molecular weight is 291 g/mol. The van der Waals surface area contributed by atoms with Gasteiger partial charge in [-0.15, -0.1) is 0 Å². The summed E-state index contributed by atoms with van der Waals surface area (Å²) in [6, 6.07) is 6.78. The van der Waals surface area contributed by atoms with E-state index in [1.54, 1.807) is 0 Å². The first kappa shape index (κ1) is 13.7. The number of hydrogen-bond acceptors (Lipinski definition) is 3. The van der Waals surface area contributed by atoms with Crippen LogP contribution in [0.25, 0.3) is 0 Å². The van der Waals surface area contributed by atoms with Crippen molar-refractivity contribution in [1.29, 1.82) is 0 Å². The van der Waals surface area contributed by atoms with E-state index in [0.717, 1.165) is 38.9 Å². The van der Waals surface area contributed by atoms with Gasteiger partial charge in [-0.05, 0) is 37.0 Å². The highest BCUT2D eigenvalue weighted by molar-refractivity contribution is 5.17. The summed E-state index contributed by atoms with van der Waals surface area (Å²) in [6.45, 7) is 3.26. The molecule has 1 spiro atoms. The van der Waals surface area contributed by atoms with E-state index in [4.69, 9.17) is 4.74 Å². The number of fused-ring (bicyclic) bond motifs is 1. The van der Waals surface area contributed by atoms with Crippen LogP contribution < -0.4 is 0 Å². The summed E-state index contributed by atoms with van der Waals surface area (Å²) in [5.41, 5.74) is 1.19. The van der Waals surface area contributed by atoms with Crippen molar-refractivity contribution in [2.75, 3.05) is 26.2 Å². The van der Waals surface area contributed by atoms with Gasteiger partial charge in [0.15, 0.2) is 0 Å². The molecule has 2 bridgehead atoms. The van der Waals surface area contributed by atoms with Crippen LogP contribution >= 0.6 is 0 Å². The van der Waals surface area contributed by atoms with E-state index in [-0.39, 0.29) is 18.0 Å². The van der Waals surface area contributed by atoms with E-state index in [9.17, 15) is 9.50 Å². The molecule has 3 aliphatic heterocycles. The minimum Gasteiger partial charge on any atom is -0.396 e. The second-order valence-electron chi connectivity index (χ2n) is 6.82. The molecule has 0 saturated carbocycles. The van der Waals surface area contributed by atoms with Crippen molar-refractivity contribution in [2.24, 2.45) is 11.8 Å². The van der Waals surface area contributed by atoms with Crippen molar-refractivity contribution in [1.82, 2.24) is 4.90 Å². The van der Waals surface area contributed by atoms with E-state index >= 15 is 0 Å². The van der Waals surface area contributed by atoms with Crippen molar-refractivity contribution in [3.8, 4) is 0 Å². The molecule has 3 heterocycles. The Labute approximate surface area is 124 Å². The predicted octanol–water partition coefficient (Wildman–Crippen LogP) is 1.84. The van der Waals surface area contributed by atoms with Gasteiger partial charge in [-0.1, -0.05) is 12.1 Å². The van der Waals surface area contributed by atoms with Crippen LogP contribution in [0.15, 0.2) is 24.3 Å². The molecule has 1 N–H and O–H groups in total. The topological polar surface area (TPSA) is 32.7 Å². The summed E-state index contributed by atoms with van der Waals surface area (Å²) in [7, 11) is 0. The molecule has 114 valence electrons. The second kappa shape index (κ2) is 5.04. The molecule has 3 nitrogen and oxygen atoms in total. The Bertz CT molecular complexity index is 520. The van der Waals surface area contributed by atoms with Crippen LogP contribution in [-0.2, 0) is 11.2 Å². The number of rotatable bonds is 4. The van der Waals surface area contributed by atoms with Gasteiger partial charge in [0, 0.05) is 38.1 Å². The Kier molecular flexibility index (Phi) is 3.28. The van der Waals surface area contributed by atoms with Gasteiger partial charge in [0.2, 0.25) is 0 Å². The standard InChI is InChI=1S/C17H22FNO2/c18-13-3-1-12(2-4-13)6-8-19-9-15-14(10-20)16-5-7-17(15,11-19)21-16/h1-4,14-16,20H,5-11H2. The highest BCUT2D eigenvalue weighted by Gasteiger charge is 2.62. The predicted molar refractivity (Wildman–Crippen MR) is 77.4 cm³/mol. The summed E-state index contributed by atoms with van der Waals surface area (Å²) in [5, 5.41) is 9.62. The van der Waals surface area contributed by atoms with Gasteiger partial charge in [-0.2, -0.15) is 0 Å². The Morgan fingerprint density at radius 3 is 2.90 bits per heavy atom. The number of aliphatic hydroxyl groups is 1. The molecule has 4 heteroatoms. The highest BCUT2D eigenvalue weighted by atomic mass is 19.1. The van der Waals surface area contributed by atoms with Crippen molar-refractivity contribution >= 4 is 0 Å². The van der Waals surface area contributed by atoms with Gasteiger partial charge in [0.25, 0.3) is 0 Å². The Morgan fingerprint density at radius 2 is 2.14 bits per heavy atom. The summed E-state index contributed by atoms with van der Waals surface area (Å²) < 4.78 is 19.2. The molecule has 21 heavy (non-hydrogen) atoms. The van der Waals surface area contributed by atoms with Crippen LogP contribution in [0.5, 0.6) is 0 Å². The van der Waals surface area contributed by atoms with E-state index in [1.165, 1.54) is 17.7 Å². The molecule has 3 saturated heterocycles. The number of hydrogen-bond donors (Lipinski definition) is 1. The van der Waals surface area contributed by atoms with E-state index in [1.807, 2.05) is 12.1 Å². The third-order valence-electron chi connectivity index (χ3n) is 5.70. The zero-order valence-corrected chi connectivity index (χ0v) is 12.2. The maximum atomic E-state index is 12.9. The molecule has 0 aliphatic carbocycles. The molecule has 0 radical (unpaired) electrons. The molecular weight excluding hydrogens is 269 g/mol. The monoisotopic (exact) mass is 291 g/mol. The largest absolute Gasteiger partial charge is 0.396 e. The fourth-order valence-electron chi connectivity index (χ4n) is 4.64. The lowest BCUT2D eigenvalue weighted by Gasteiger charge is -2.28.